The molecule has 24 heavy (non-hydrogen) atoms. The lowest BCUT2D eigenvalue weighted by Gasteiger charge is -2.09. The Morgan fingerprint density at radius 2 is 1.83 bits per heavy atom. The van der Waals surface area contributed by atoms with Gasteiger partial charge in [-0.15, -0.1) is 0 Å². The van der Waals surface area contributed by atoms with Crippen LogP contribution in [-0.2, 0) is 25.5 Å². The van der Waals surface area contributed by atoms with Crippen molar-refractivity contribution in [2.45, 2.75) is 33.2 Å². The van der Waals surface area contributed by atoms with Crippen LogP contribution in [0.15, 0.2) is 30.5 Å². The minimum Gasteiger partial charge on any atom is -0.462 e. The number of fused-ring (bicyclic) bond motifs is 1. The Labute approximate surface area is 143 Å². The lowest BCUT2D eigenvalue weighted by atomic mass is 10.0. The maximum absolute atomic E-state index is 11.9. The second kappa shape index (κ2) is 9.45. The van der Waals surface area contributed by atoms with Crippen LogP contribution in [0.4, 0.5) is 0 Å². The Kier molecular flexibility index (Phi) is 7.28. The highest BCUT2D eigenvalue weighted by Gasteiger charge is 2.09. The summed E-state index contributed by atoms with van der Waals surface area (Å²) in [4.78, 5) is 11.9. The fourth-order valence-electron chi connectivity index (χ4n) is 2.48. The number of benzene rings is 1. The summed E-state index contributed by atoms with van der Waals surface area (Å²) in [6, 6.07) is 8.38. The molecule has 0 amide bonds. The highest BCUT2D eigenvalue weighted by Crippen LogP contribution is 2.22. The summed E-state index contributed by atoms with van der Waals surface area (Å²) in [6.07, 6.45) is 1.93. The molecule has 0 N–H and O–H groups in total. The van der Waals surface area contributed by atoms with Crippen LogP contribution >= 0.6 is 0 Å². The van der Waals surface area contributed by atoms with E-state index < -0.39 is 0 Å². The first-order chi connectivity index (χ1) is 11.6. The third-order valence-corrected chi connectivity index (χ3v) is 3.83. The molecule has 0 unspecified atom stereocenters. The SMILES string of the molecule is CCOCCOCCOC(=O)Cn1ccc2cc(C(C)C)ccc21. The molecule has 1 aromatic heterocycles. The number of carbonyl (C=O) groups is 1. The highest BCUT2D eigenvalue weighted by atomic mass is 16.6. The summed E-state index contributed by atoms with van der Waals surface area (Å²) in [5.41, 5.74) is 2.34. The molecular weight excluding hydrogens is 306 g/mol. The second-order valence-electron chi connectivity index (χ2n) is 5.95. The first kappa shape index (κ1) is 18.5. The molecule has 1 heterocycles. The molecule has 132 valence electrons. The van der Waals surface area contributed by atoms with Crippen molar-refractivity contribution in [3.05, 3.63) is 36.0 Å². The molecule has 0 radical (unpaired) electrons. The predicted octanol–water partition coefficient (Wildman–Crippen LogP) is 3.36. The minimum atomic E-state index is -0.256. The third-order valence-electron chi connectivity index (χ3n) is 3.83. The quantitative estimate of drug-likeness (QED) is 0.494. The van der Waals surface area contributed by atoms with Crippen LogP contribution in [0.25, 0.3) is 10.9 Å². The molecule has 0 spiro atoms. The summed E-state index contributed by atoms with van der Waals surface area (Å²) in [6.45, 7) is 8.92. The van der Waals surface area contributed by atoms with Crippen LogP contribution in [0.1, 0.15) is 32.3 Å². The summed E-state index contributed by atoms with van der Waals surface area (Å²) in [5, 5.41) is 1.15. The average molecular weight is 333 g/mol. The standard InChI is InChI=1S/C19H27NO4/c1-4-22-9-10-23-11-12-24-19(21)14-20-8-7-17-13-16(15(2)3)5-6-18(17)20/h5-8,13,15H,4,9-12,14H2,1-3H3. The van der Waals surface area contributed by atoms with E-state index in [1.54, 1.807) is 0 Å². The summed E-state index contributed by atoms with van der Waals surface area (Å²) in [5.74, 6) is 0.235. The van der Waals surface area contributed by atoms with Gasteiger partial charge in [-0.1, -0.05) is 19.9 Å². The van der Waals surface area contributed by atoms with E-state index in [2.05, 4.69) is 32.0 Å². The van der Waals surface area contributed by atoms with Crippen molar-refractivity contribution in [1.29, 1.82) is 0 Å². The number of esters is 1. The zero-order chi connectivity index (χ0) is 17.4. The van der Waals surface area contributed by atoms with Gasteiger partial charge < -0.3 is 18.8 Å². The van der Waals surface area contributed by atoms with Crippen molar-refractivity contribution in [3.8, 4) is 0 Å². The van der Waals surface area contributed by atoms with Crippen LogP contribution < -0.4 is 0 Å². The van der Waals surface area contributed by atoms with Gasteiger partial charge in [0.1, 0.15) is 13.2 Å². The molecule has 1 aromatic carbocycles. The molecule has 0 aliphatic heterocycles. The molecule has 0 saturated heterocycles. The topological polar surface area (TPSA) is 49.7 Å². The van der Waals surface area contributed by atoms with Crippen LogP contribution in [-0.4, -0.2) is 43.6 Å². The number of ether oxygens (including phenoxy) is 3. The number of carbonyl (C=O) groups excluding carboxylic acids is 1. The summed E-state index contributed by atoms with van der Waals surface area (Å²) >= 11 is 0. The largest absolute Gasteiger partial charge is 0.462 e. The monoisotopic (exact) mass is 333 g/mol. The molecule has 0 saturated carbocycles. The molecule has 5 nitrogen and oxygen atoms in total. The predicted molar refractivity (Wildman–Crippen MR) is 94.3 cm³/mol. The molecule has 0 atom stereocenters. The lowest BCUT2D eigenvalue weighted by molar-refractivity contribution is -0.145. The molecular formula is C19H27NO4. The van der Waals surface area contributed by atoms with Crippen molar-refractivity contribution in [1.82, 2.24) is 4.57 Å². The Morgan fingerprint density at radius 3 is 2.58 bits per heavy atom. The molecule has 5 heteroatoms. The van der Waals surface area contributed by atoms with E-state index in [-0.39, 0.29) is 19.1 Å². The van der Waals surface area contributed by atoms with Gasteiger partial charge in [-0.25, -0.2) is 0 Å². The molecule has 0 fully saturated rings. The van der Waals surface area contributed by atoms with Gasteiger partial charge in [-0.3, -0.25) is 4.79 Å². The number of hydrogen-bond donors (Lipinski definition) is 0. The summed E-state index contributed by atoms with van der Waals surface area (Å²) in [7, 11) is 0. The Morgan fingerprint density at radius 1 is 1.08 bits per heavy atom. The Balaban J connectivity index is 1.79. The van der Waals surface area contributed by atoms with E-state index in [0.717, 1.165) is 10.9 Å². The Bertz CT molecular complexity index is 648. The molecule has 0 aliphatic rings. The number of rotatable bonds is 10. The van der Waals surface area contributed by atoms with Crippen LogP contribution in [0, 0.1) is 0 Å². The van der Waals surface area contributed by atoms with E-state index in [1.807, 2.05) is 23.8 Å². The van der Waals surface area contributed by atoms with Gasteiger partial charge >= 0.3 is 5.97 Å². The average Bonchev–Trinajstić information content (AvgIpc) is 2.96. The number of aromatic nitrogens is 1. The molecule has 0 bridgehead atoms. The van der Waals surface area contributed by atoms with E-state index >= 15 is 0 Å². The number of nitrogens with zero attached hydrogens (tertiary/aromatic N) is 1. The minimum absolute atomic E-state index is 0.212. The van der Waals surface area contributed by atoms with Gasteiger partial charge in [-0.05, 0) is 42.0 Å². The zero-order valence-corrected chi connectivity index (χ0v) is 14.8. The smallest absolute Gasteiger partial charge is 0.326 e. The molecule has 2 aromatic rings. The van der Waals surface area contributed by atoms with Gasteiger partial charge in [0.2, 0.25) is 0 Å². The van der Waals surface area contributed by atoms with E-state index in [0.29, 0.717) is 32.3 Å². The highest BCUT2D eigenvalue weighted by molar-refractivity contribution is 5.82. The zero-order valence-electron chi connectivity index (χ0n) is 14.8. The van der Waals surface area contributed by atoms with Crippen molar-refractivity contribution >= 4 is 16.9 Å². The molecule has 2 rings (SSSR count). The van der Waals surface area contributed by atoms with Crippen molar-refractivity contribution < 1.29 is 19.0 Å². The van der Waals surface area contributed by atoms with Crippen LogP contribution in [0.2, 0.25) is 0 Å². The first-order valence-corrected chi connectivity index (χ1v) is 8.51. The fraction of sp³-hybridized carbons (Fsp3) is 0.526. The lowest BCUT2D eigenvalue weighted by Crippen LogP contribution is -2.16. The van der Waals surface area contributed by atoms with E-state index in [9.17, 15) is 4.79 Å². The van der Waals surface area contributed by atoms with Gasteiger partial charge in [0.25, 0.3) is 0 Å². The second-order valence-corrected chi connectivity index (χ2v) is 5.95. The summed E-state index contributed by atoms with van der Waals surface area (Å²) < 4.78 is 17.6. The van der Waals surface area contributed by atoms with E-state index in [4.69, 9.17) is 14.2 Å². The third kappa shape index (κ3) is 5.35. The van der Waals surface area contributed by atoms with E-state index in [1.165, 1.54) is 5.56 Å². The van der Waals surface area contributed by atoms with Crippen LogP contribution in [0.3, 0.4) is 0 Å². The molecule has 0 aliphatic carbocycles. The van der Waals surface area contributed by atoms with Gasteiger partial charge in [-0.2, -0.15) is 0 Å². The number of hydrogen-bond acceptors (Lipinski definition) is 4. The van der Waals surface area contributed by atoms with Gasteiger partial charge in [0, 0.05) is 18.3 Å². The maximum Gasteiger partial charge on any atom is 0.326 e. The van der Waals surface area contributed by atoms with Crippen LogP contribution in [0.5, 0.6) is 0 Å². The van der Waals surface area contributed by atoms with Crippen molar-refractivity contribution in [2.75, 3.05) is 33.0 Å². The van der Waals surface area contributed by atoms with Gasteiger partial charge in [0.15, 0.2) is 0 Å². The van der Waals surface area contributed by atoms with Crippen molar-refractivity contribution in [2.24, 2.45) is 0 Å². The normalized spacial score (nSPS) is 11.3. The van der Waals surface area contributed by atoms with Gasteiger partial charge in [0.05, 0.1) is 19.8 Å². The Hall–Kier alpha value is -1.85. The fourth-order valence-corrected chi connectivity index (χ4v) is 2.48. The van der Waals surface area contributed by atoms with Crippen molar-refractivity contribution in [3.63, 3.8) is 0 Å². The first-order valence-electron chi connectivity index (χ1n) is 8.51. The maximum atomic E-state index is 11.9.